The Hall–Kier alpha value is -2.18. The zero-order valence-corrected chi connectivity index (χ0v) is 18.2. The van der Waals surface area contributed by atoms with E-state index in [2.05, 4.69) is 9.97 Å². The third kappa shape index (κ3) is 4.70. The van der Waals surface area contributed by atoms with Crippen molar-refractivity contribution in [2.75, 3.05) is 6.54 Å². The summed E-state index contributed by atoms with van der Waals surface area (Å²) in [5.41, 5.74) is 2.03. The number of oxazole rings is 1. The number of rotatable bonds is 5. The van der Waals surface area contributed by atoms with Gasteiger partial charge < -0.3 is 9.32 Å². The highest BCUT2D eigenvalue weighted by molar-refractivity contribution is 7.11. The number of amides is 1. The summed E-state index contributed by atoms with van der Waals surface area (Å²) in [6.45, 7) is 4.69. The van der Waals surface area contributed by atoms with Crippen molar-refractivity contribution in [3.63, 3.8) is 0 Å². The van der Waals surface area contributed by atoms with Crippen LogP contribution in [0.3, 0.4) is 0 Å². The van der Waals surface area contributed by atoms with E-state index in [9.17, 15) is 4.79 Å². The van der Waals surface area contributed by atoms with Gasteiger partial charge in [-0.1, -0.05) is 23.7 Å². The Morgan fingerprint density at radius 1 is 1.34 bits per heavy atom. The number of hydrogen-bond acceptors (Lipinski definition) is 5. The Morgan fingerprint density at radius 2 is 2.21 bits per heavy atom. The van der Waals surface area contributed by atoms with Gasteiger partial charge in [0.05, 0.1) is 23.3 Å². The van der Waals surface area contributed by atoms with Crippen molar-refractivity contribution in [1.29, 1.82) is 0 Å². The topological polar surface area (TPSA) is 59.2 Å². The minimum Gasteiger partial charge on any atom is -0.443 e. The number of aryl methyl sites for hydroxylation is 2. The largest absolute Gasteiger partial charge is 0.443 e. The number of piperidine rings is 1. The maximum absolute atomic E-state index is 13.1. The highest BCUT2D eigenvalue weighted by atomic mass is 35.5. The van der Waals surface area contributed by atoms with E-state index >= 15 is 0 Å². The molecule has 2 aromatic heterocycles. The predicted molar refractivity (Wildman–Crippen MR) is 114 cm³/mol. The van der Waals surface area contributed by atoms with E-state index in [1.807, 2.05) is 43.0 Å². The number of benzene rings is 1. The lowest BCUT2D eigenvalue weighted by atomic mass is 10.0. The molecule has 1 aromatic carbocycles. The normalized spacial score (nSPS) is 16.9. The van der Waals surface area contributed by atoms with Crippen LogP contribution in [0.2, 0.25) is 5.02 Å². The van der Waals surface area contributed by atoms with Gasteiger partial charge in [-0.25, -0.2) is 9.97 Å². The van der Waals surface area contributed by atoms with E-state index in [0.717, 1.165) is 52.7 Å². The number of carbonyl (C=O) groups excluding carboxylic acids is 1. The van der Waals surface area contributed by atoms with E-state index in [1.165, 1.54) is 0 Å². The molecule has 1 fully saturated rings. The summed E-state index contributed by atoms with van der Waals surface area (Å²) in [5, 5.41) is 1.71. The smallest absolute Gasteiger partial charge is 0.228 e. The summed E-state index contributed by atoms with van der Waals surface area (Å²) in [6, 6.07) is 7.64. The number of likely N-dealkylation sites (tertiary alicyclic amines) is 1. The van der Waals surface area contributed by atoms with Crippen molar-refractivity contribution >= 4 is 28.8 Å². The Kier molecular flexibility index (Phi) is 6.01. The van der Waals surface area contributed by atoms with E-state index in [4.69, 9.17) is 16.0 Å². The molecule has 5 nitrogen and oxygen atoms in total. The molecule has 1 amide bonds. The number of hydrogen-bond donors (Lipinski definition) is 0. The number of nitrogens with zero attached hydrogens (tertiary/aromatic N) is 3. The van der Waals surface area contributed by atoms with Crippen LogP contribution in [0.1, 0.15) is 58.1 Å². The van der Waals surface area contributed by atoms with Crippen molar-refractivity contribution in [2.24, 2.45) is 0 Å². The highest BCUT2D eigenvalue weighted by Gasteiger charge is 2.31. The summed E-state index contributed by atoms with van der Waals surface area (Å²) in [4.78, 5) is 25.0. The van der Waals surface area contributed by atoms with Crippen LogP contribution in [0.4, 0.5) is 0 Å². The van der Waals surface area contributed by atoms with Crippen LogP contribution in [-0.4, -0.2) is 27.3 Å². The van der Waals surface area contributed by atoms with E-state index in [1.54, 1.807) is 17.5 Å². The SMILES string of the molecule is Cc1nc(C)c(CC(=O)N2CCCCC2c2ncc(Cc3cccc(Cl)c3)o2)s1. The third-order valence-corrected chi connectivity index (χ3v) is 6.57. The fraction of sp³-hybridized carbons (Fsp3) is 0.409. The minimum absolute atomic E-state index is 0.0984. The highest BCUT2D eigenvalue weighted by Crippen LogP contribution is 2.32. The average Bonchev–Trinajstić information content (AvgIpc) is 3.27. The molecule has 0 bridgehead atoms. The van der Waals surface area contributed by atoms with Crippen LogP contribution in [0, 0.1) is 13.8 Å². The summed E-state index contributed by atoms with van der Waals surface area (Å²) in [6.07, 6.45) is 5.75. The molecule has 1 atom stereocenters. The molecular weight excluding hydrogens is 406 g/mol. The standard InChI is InChI=1S/C22H24ClN3O2S/c1-14-20(29-15(2)25-14)12-21(27)26-9-4-3-8-19(26)22-24-13-18(28-22)11-16-6-5-7-17(23)10-16/h5-7,10,13,19H,3-4,8-9,11-12H2,1-2H3. The van der Waals surface area contributed by atoms with E-state index in [-0.39, 0.29) is 11.9 Å². The van der Waals surface area contributed by atoms with Crippen molar-refractivity contribution in [2.45, 2.75) is 52.0 Å². The molecule has 1 unspecified atom stereocenters. The van der Waals surface area contributed by atoms with Crippen molar-refractivity contribution in [3.8, 4) is 0 Å². The van der Waals surface area contributed by atoms with Gasteiger partial charge >= 0.3 is 0 Å². The van der Waals surface area contributed by atoms with Gasteiger partial charge in [0.15, 0.2) is 0 Å². The molecule has 152 valence electrons. The monoisotopic (exact) mass is 429 g/mol. The molecule has 7 heteroatoms. The maximum Gasteiger partial charge on any atom is 0.228 e. The first-order chi connectivity index (χ1) is 14.0. The Morgan fingerprint density at radius 3 is 2.97 bits per heavy atom. The number of halogens is 1. The minimum atomic E-state index is -0.0984. The van der Waals surface area contributed by atoms with Gasteiger partial charge in [0.1, 0.15) is 11.8 Å². The molecule has 3 heterocycles. The van der Waals surface area contributed by atoms with Crippen molar-refractivity contribution in [1.82, 2.24) is 14.9 Å². The fourth-order valence-corrected chi connectivity index (χ4v) is 5.01. The molecule has 1 aliphatic heterocycles. The molecule has 0 saturated carbocycles. The number of carbonyl (C=O) groups is 1. The summed E-state index contributed by atoms with van der Waals surface area (Å²) < 4.78 is 6.07. The van der Waals surface area contributed by atoms with Crippen LogP contribution in [0.5, 0.6) is 0 Å². The van der Waals surface area contributed by atoms with Crippen LogP contribution >= 0.6 is 22.9 Å². The molecule has 0 radical (unpaired) electrons. The lowest BCUT2D eigenvalue weighted by Crippen LogP contribution is -2.39. The molecule has 0 spiro atoms. The van der Waals surface area contributed by atoms with Crippen LogP contribution in [-0.2, 0) is 17.6 Å². The van der Waals surface area contributed by atoms with E-state index in [0.29, 0.717) is 23.8 Å². The molecule has 29 heavy (non-hydrogen) atoms. The lowest BCUT2D eigenvalue weighted by molar-refractivity contribution is -0.134. The van der Waals surface area contributed by atoms with Crippen molar-refractivity contribution in [3.05, 3.63) is 68.3 Å². The average molecular weight is 430 g/mol. The second-order valence-corrected chi connectivity index (χ2v) is 9.21. The van der Waals surface area contributed by atoms with Gasteiger partial charge in [-0.05, 0) is 50.8 Å². The van der Waals surface area contributed by atoms with Gasteiger partial charge in [-0.3, -0.25) is 4.79 Å². The number of aromatic nitrogens is 2. The summed E-state index contributed by atoms with van der Waals surface area (Å²) >= 11 is 7.68. The summed E-state index contributed by atoms with van der Waals surface area (Å²) in [5.74, 6) is 1.54. The lowest BCUT2D eigenvalue weighted by Gasteiger charge is -2.33. The molecule has 1 aliphatic rings. The van der Waals surface area contributed by atoms with E-state index < -0.39 is 0 Å². The van der Waals surface area contributed by atoms with Crippen LogP contribution in [0.15, 0.2) is 34.9 Å². The van der Waals surface area contributed by atoms with Gasteiger partial charge in [-0.15, -0.1) is 11.3 Å². The first-order valence-corrected chi connectivity index (χ1v) is 11.1. The third-order valence-electron chi connectivity index (χ3n) is 5.26. The Bertz CT molecular complexity index is 1010. The van der Waals surface area contributed by atoms with Gasteiger partial charge in [0.25, 0.3) is 0 Å². The van der Waals surface area contributed by atoms with Crippen LogP contribution in [0.25, 0.3) is 0 Å². The molecule has 0 N–H and O–H groups in total. The molecule has 3 aromatic rings. The second kappa shape index (κ2) is 8.67. The number of thiazole rings is 1. The Labute approximate surface area is 179 Å². The van der Waals surface area contributed by atoms with Crippen molar-refractivity contribution < 1.29 is 9.21 Å². The molecule has 4 rings (SSSR count). The zero-order valence-electron chi connectivity index (χ0n) is 16.7. The predicted octanol–water partition coefficient (Wildman–Crippen LogP) is 5.29. The van der Waals surface area contributed by atoms with Gasteiger partial charge in [0.2, 0.25) is 11.8 Å². The molecular formula is C22H24ClN3O2S. The zero-order chi connectivity index (χ0) is 20.4. The fourth-order valence-electron chi connectivity index (χ4n) is 3.87. The Balaban J connectivity index is 1.49. The molecule has 1 saturated heterocycles. The first kappa shape index (κ1) is 20.1. The molecule has 0 aliphatic carbocycles. The van der Waals surface area contributed by atoms with Crippen LogP contribution < -0.4 is 0 Å². The first-order valence-electron chi connectivity index (χ1n) is 9.91. The summed E-state index contributed by atoms with van der Waals surface area (Å²) in [7, 11) is 0. The quantitative estimate of drug-likeness (QED) is 0.553. The second-order valence-electron chi connectivity index (χ2n) is 7.49. The van der Waals surface area contributed by atoms with Gasteiger partial charge in [0, 0.05) is 22.9 Å². The van der Waals surface area contributed by atoms with Gasteiger partial charge in [-0.2, -0.15) is 0 Å². The maximum atomic E-state index is 13.1.